The molecule has 1 heterocycles. The first-order valence-electron chi connectivity index (χ1n) is 8.78. The van der Waals surface area contributed by atoms with Crippen molar-refractivity contribution in [2.45, 2.75) is 44.6 Å². The van der Waals surface area contributed by atoms with Crippen LogP contribution in [0.1, 0.15) is 49.0 Å². The average Bonchev–Trinajstić information content (AvgIpc) is 3.06. The Morgan fingerprint density at radius 2 is 2.08 bits per heavy atom. The number of carbonyl (C=O) groups is 2. The van der Waals surface area contributed by atoms with Crippen LogP contribution in [0.4, 0.5) is 0 Å². The van der Waals surface area contributed by atoms with Gasteiger partial charge in [0.15, 0.2) is 0 Å². The van der Waals surface area contributed by atoms with Gasteiger partial charge in [0, 0.05) is 10.9 Å². The van der Waals surface area contributed by atoms with Gasteiger partial charge in [-0.15, -0.1) is 0 Å². The summed E-state index contributed by atoms with van der Waals surface area (Å²) in [7, 11) is 1.58. The molecular weight excluding hydrogens is 320 g/mol. The lowest BCUT2D eigenvalue weighted by Gasteiger charge is -2.24. The summed E-state index contributed by atoms with van der Waals surface area (Å²) in [6.07, 6.45) is 6.09. The van der Waals surface area contributed by atoms with Crippen LogP contribution >= 0.6 is 0 Å². The zero-order valence-electron chi connectivity index (χ0n) is 14.4. The molecular formula is C19H24N2O4. The van der Waals surface area contributed by atoms with E-state index in [4.69, 9.17) is 4.74 Å². The smallest absolute Gasteiger partial charge is 0.326 e. The van der Waals surface area contributed by atoms with E-state index in [1.54, 1.807) is 13.2 Å². The maximum absolute atomic E-state index is 12.5. The van der Waals surface area contributed by atoms with Crippen LogP contribution in [-0.2, 0) is 4.79 Å². The van der Waals surface area contributed by atoms with Crippen molar-refractivity contribution in [3.63, 3.8) is 0 Å². The maximum atomic E-state index is 12.5. The molecule has 25 heavy (non-hydrogen) atoms. The fourth-order valence-electron chi connectivity index (χ4n) is 3.64. The topological polar surface area (TPSA) is 91.4 Å². The van der Waals surface area contributed by atoms with Crippen LogP contribution in [-0.4, -0.2) is 35.1 Å². The number of hydrogen-bond donors (Lipinski definition) is 3. The number of fused-ring (bicyclic) bond motifs is 1. The second kappa shape index (κ2) is 7.59. The lowest BCUT2D eigenvalue weighted by molar-refractivity contribution is -0.139. The van der Waals surface area contributed by atoms with Crippen molar-refractivity contribution < 1.29 is 19.4 Å². The minimum atomic E-state index is -0.979. The molecule has 1 atom stereocenters. The number of H-pyrrole nitrogens is 1. The van der Waals surface area contributed by atoms with E-state index in [1.807, 2.05) is 18.2 Å². The number of aromatic amines is 1. The molecule has 1 unspecified atom stereocenters. The molecule has 0 bridgehead atoms. The van der Waals surface area contributed by atoms with Crippen molar-refractivity contribution >= 4 is 22.8 Å². The minimum Gasteiger partial charge on any atom is -0.496 e. The molecule has 1 aromatic heterocycles. The van der Waals surface area contributed by atoms with Gasteiger partial charge >= 0.3 is 5.97 Å². The van der Waals surface area contributed by atoms with Gasteiger partial charge in [-0.2, -0.15) is 0 Å². The molecule has 1 saturated carbocycles. The van der Waals surface area contributed by atoms with E-state index in [0.717, 1.165) is 36.6 Å². The van der Waals surface area contributed by atoms with Crippen LogP contribution in [0, 0.1) is 5.92 Å². The van der Waals surface area contributed by atoms with Gasteiger partial charge in [-0.25, -0.2) is 4.79 Å². The van der Waals surface area contributed by atoms with Gasteiger partial charge in [-0.1, -0.05) is 38.2 Å². The number of aromatic nitrogens is 1. The number of aliphatic carboxylic acids is 1. The zero-order chi connectivity index (χ0) is 17.8. The van der Waals surface area contributed by atoms with Crippen LogP contribution in [0.15, 0.2) is 24.3 Å². The number of carboxylic acids is 1. The predicted octanol–water partition coefficient (Wildman–Crippen LogP) is 3.33. The monoisotopic (exact) mass is 344 g/mol. The van der Waals surface area contributed by atoms with Gasteiger partial charge in [0.2, 0.25) is 0 Å². The number of carbonyl (C=O) groups excluding carboxylic acids is 1. The fourth-order valence-corrected chi connectivity index (χ4v) is 3.64. The second-order valence-electron chi connectivity index (χ2n) is 6.71. The van der Waals surface area contributed by atoms with E-state index >= 15 is 0 Å². The highest BCUT2D eigenvalue weighted by atomic mass is 16.5. The Labute approximate surface area is 146 Å². The highest BCUT2D eigenvalue weighted by Crippen LogP contribution is 2.28. The summed E-state index contributed by atoms with van der Waals surface area (Å²) < 4.78 is 5.29. The van der Waals surface area contributed by atoms with E-state index in [-0.39, 0.29) is 0 Å². The van der Waals surface area contributed by atoms with Crippen molar-refractivity contribution in [1.29, 1.82) is 0 Å². The molecule has 134 valence electrons. The van der Waals surface area contributed by atoms with Crippen molar-refractivity contribution in [2.75, 3.05) is 7.11 Å². The Kier molecular flexibility index (Phi) is 5.26. The molecule has 0 aliphatic heterocycles. The molecule has 1 aliphatic rings. The highest BCUT2D eigenvalue weighted by molar-refractivity contribution is 6.00. The van der Waals surface area contributed by atoms with Gasteiger partial charge in [0.1, 0.15) is 17.5 Å². The van der Waals surface area contributed by atoms with Crippen molar-refractivity contribution in [2.24, 2.45) is 5.92 Å². The molecule has 1 fully saturated rings. The molecule has 6 heteroatoms. The van der Waals surface area contributed by atoms with Crippen LogP contribution in [0.5, 0.6) is 5.75 Å². The number of ether oxygens (including phenoxy) is 1. The number of amides is 1. The standard InChI is InChI=1S/C19H24N2O4/c1-25-17-9-5-8-14-13(17)11-15(20-14)18(22)21-16(19(23)24)10-12-6-3-2-4-7-12/h5,8-9,11-12,16,20H,2-4,6-7,10H2,1H3,(H,21,22)(H,23,24). The first kappa shape index (κ1) is 17.3. The summed E-state index contributed by atoms with van der Waals surface area (Å²) in [6.45, 7) is 0. The van der Waals surface area contributed by atoms with Crippen molar-refractivity contribution in [1.82, 2.24) is 10.3 Å². The molecule has 1 aliphatic carbocycles. The first-order chi connectivity index (χ1) is 12.1. The highest BCUT2D eigenvalue weighted by Gasteiger charge is 2.26. The Balaban J connectivity index is 1.73. The molecule has 1 aromatic carbocycles. The number of hydrogen-bond acceptors (Lipinski definition) is 3. The van der Waals surface area contributed by atoms with Gasteiger partial charge in [-0.05, 0) is 30.5 Å². The Morgan fingerprint density at radius 3 is 2.76 bits per heavy atom. The van der Waals surface area contributed by atoms with Gasteiger partial charge in [-0.3, -0.25) is 4.79 Å². The lowest BCUT2D eigenvalue weighted by Crippen LogP contribution is -2.42. The summed E-state index contributed by atoms with van der Waals surface area (Å²) in [5.74, 6) is -0.336. The summed E-state index contributed by atoms with van der Waals surface area (Å²) in [5, 5.41) is 12.9. The first-order valence-corrected chi connectivity index (χ1v) is 8.78. The average molecular weight is 344 g/mol. The van der Waals surface area contributed by atoms with Crippen LogP contribution in [0.3, 0.4) is 0 Å². The fraction of sp³-hybridized carbons (Fsp3) is 0.474. The number of methoxy groups -OCH3 is 1. The zero-order valence-corrected chi connectivity index (χ0v) is 14.4. The minimum absolute atomic E-state index is 0.342. The molecule has 3 N–H and O–H groups in total. The van der Waals surface area contributed by atoms with Crippen LogP contribution in [0.2, 0.25) is 0 Å². The third-order valence-electron chi connectivity index (χ3n) is 4.99. The molecule has 0 radical (unpaired) electrons. The van der Waals surface area contributed by atoms with E-state index in [2.05, 4.69) is 10.3 Å². The summed E-state index contributed by atoms with van der Waals surface area (Å²) >= 11 is 0. The molecule has 3 rings (SSSR count). The van der Waals surface area contributed by atoms with E-state index < -0.39 is 17.9 Å². The molecule has 0 spiro atoms. The summed E-state index contributed by atoms with van der Waals surface area (Å²) in [6, 6.07) is 6.35. The lowest BCUT2D eigenvalue weighted by atomic mass is 9.85. The third kappa shape index (κ3) is 3.95. The number of benzene rings is 1. The predicted molar refractivity (Wildman–Crippen MR) is 94.9 cm³/mol. The normalized spacial score (nSPS) is 16.5. The van der Waals surface area contributed by atoms with Gasteiger partial charge in [0.25, 0.3) is 5.91 Å². The number of nitrogens with one attached hydrogen (secondary N) is 2. The van der Waals surface area contributed by atoms with Crippen molar-refractivity contribution in [3.8, 4) is 5.75 Å². The van der Waals surface area contributed by atoms with Gasteiger partial charge in [0.05, 0.1) is 7.11 Å². The SMILES string of the molecule is COc1cccc2[nH]c(C(=O)NC(CC3CCCCC3)C(=O)O)cc12. The van der Waals surface area contributed by atoms with E-state index in [1.165, 1.54) is 6.42 Å². The number of carboxylic acid groups (broad SMARTS) is 1. The number of rotatable bonds is 6. The Bertz CT molecular complexity index is 762. The Morgan fingerprint density at radius 1 is 1.32 bits per heavy atom. The van der Waals surface area contributed by atoms with Gasteiger partial charge < -0.3 is 20.1 Å². The molecule has 6 nitrogen and oxygen atoms in total. The molecule has 1 amide bonds. The quantitative estimate of drug-likeness (QED) is 0.749. The maximum Gasteiger partial charge on any atom is 0.326 e. The summed E-state index contributed by atoms with van der Waals surface area (Å²) in [5.41, 5.74) is 1.12. The second-order valence-corrected chi connectivity index (χ2v) is 6.71. The molecule has 0 saturated heterocycles. The van der Waals surface area contributed by atoms with Crippen LogP contribution in [0.25, 0.3) is 10.9 Å². The van der Waals surface area contributed by atoms with E-state index in [9.17, 15) is 14.7 Å². The molecule has 2 aromatic rings. The largest absolute Gasteiger partial charge is 0.496 e. The van der Waals surface area contributed by atoms with Crippen molar-refractivity contribution in [3.05, 3.63) is 30.0 Å². The third-order valence-corrected chi connectivity index (χ3v) is 4.99. The van der Waals surface area contributed by atoms with E-state index in [0.29, 0.717) is 23.8 Å². The summed E-state index contributed by atoms with van der Waals surface area (Å²) in [4.78, 5) is 27.1. The van der Waals surface area contributed by atoms with Crippen LogP contribution < -0.4 is 10.1 Å². The Hall–Kier alpha value is -2.50.